The Labute approximate surface area is 122 Å². The van der Waals surface area contributed by atoms with Crippen LogP contribution in [-0.4, -0.2) is 44.3 Å². The highest BCUT2D eigenvalue weighted by Gasteiger charge is 2.35. The number of rotatable bonds is 2. The molecule has 3 heterocycles. The van der Waals surface area contributed by atoms with Crippen LogP contribution in [0.2, 0.25) is 0 Å². The first kappa shape index (κ1) is 13.5. The number of aromatic nitrogens is 2. The van der Waals surface area contributed by atoms with Crippen molar-refractivity contribution >= 4 is 17.1 Å². The topological polar surface area (TPSA) is 72.5 Å². The van der Waals surface area contributed by atoms with Crippen molar-refractivity contribution in [3.05, 3.63) is 41.4 Å². The summed E-state index contributed by atoms with van der Waals surface area (Å²) in [6.07, 6.45) is 3.49. The van der Waals surface area contributed by atoms with Crippen molar-refractivity contribution in [3.8, 4) is 0 Å². The maximum Gasteiger partial charge on any atom is 0.426 e. The van der Waals surface area contributed by atoms with Crippen LogP contribution >= 0.6 is 0 Å². The molecule has 1 amide bonds. The number of fused-ring (bicyclic) bond motifs is 1. The molecule has 1 aliphatic heterocycles. The van der Waals surface area contributed by atoms with Gasteiger partial charge in [0.1, 0.15) is 5.65 Å². The summed E-state index contributed by atoms with van der Waals surface area (Å²) >= 11 is 0. The van der Waals surface area contributed by atoms with Gasteiger partial charge in [-0.2, -0.15) is 0 Å². The zero-order chi connectivity index (χ0) is 15.1. The molecule has 0 spiro atoms. The van der Waals surface area contributed by atoms with E-state index in [0.29, 0.717) is 6.42 Å². The van der Waals surface area contributed by atoms with Gasteiger partial charge in [-0.15, -0.1) is 0 Å². The number of carbonyl (C=O) groups is 1. The molecule has 2 N–H and O–H groups in total. The van der Waals surface area contributed by atoms with E-state index >= 15 is 0 Å². The fourth-order valence-corrected chi connectivity index (χ4v) is 3.01. The molecule has 0 saturated carbocycles. The largest absolute Gasteiger partial charge is 0.464 e. The minimum Gasteiger partial charge on any atom is -0.464 e. The Hall–Kier alpha value is -2.50. The van der Waals surface area contributed by atoms with Gasteiger partial charge < -0.3 is 10.1 Å². The van der Waals surface area contributed by atoms with Crippen molar-refractivity contribution in [2.45, 2.75) is 26.3 Å². The molecule has 2 aromatic heterocycles. The van der Waals surface area contributed by atoms with Crippen LogP contribution in [0, 0.1) is 0 Å². The average Bonchev–Trinajstić information content (AvgIpc) is 2.94. The van der Waals surface area contributed by atoms with E-state index in [9.17, 15) is 9.90 Å². The Morgan fingerprint density at radius 1 is 1.52 bits per heavy atom. The molecule has 0 fully saturated rings. The van der Waals surface area contributed by atoms with E-state index in [2.05, 4.69) is 9.97 Å². The highest BCUT2D eigenvalue weighted by Crippen LogP contribution is 2.31. The van der Waals surface area contributed by atoms with Crippen molar-refractivity contribution in [2.75, 3.05) is 7.05 Å². The molecule has 1 atom stereocenters. The summed E-state index contributed by atoms with van der Waals surface area (Å²) in [5.74, 6) is 0. The molecule has 0 bridgehead atoms. The Morgan fingerprint density at radius 3 is 2.95 bits per heavy atom. The zero-order valence-corrected chi connectivity index (χ0v) is 12.3. The van der Waals surface area contributed by atoms with Crippen molar-refractivity contribution in [2.24, 2.45) is 0 Å². The lowest BCUT2D eigenvalue weighted by Gasteiger charge is -2.27. The van der Waals surface area contributed by atoms with Crippen LogP contribution < -0.4 is 0 Å². The van der Waals surface area contributed by atoms with E-state index in [1.807, 2.05) is 32.2 Å². The number of carboxylic acid groups (broad SMARTS) is 1. The summed E-state index contributed by atoms with van der Waals surface area (Å²) in [4.78, 5) is 18.8. The predicted molar refractivity (Wildman–Crippen MR) is 79.6 cm³/mol. The molecule has 21 heavy (non-hydrogen) atoms. The molecule has 0 aliphatic carbocycles. The highest BCUT2D eigenvalue weighted by molar-refractivity contribution is 5.80. The van der Waals surface area contributed by atoms with Crippen LogP contribution in [0.1, 0.15) is 19.4 Å². The molecular weight excluding hydrogens is 268 g/mol. The maximum atomic E-state index is 11.4. The monoisotopic (exact) mass is 286 g/mol. The van der Waals surface area contributed by atoms with Gasteiger partial charge >= 0.3 is 6.09 Å². The summed E-state index contributed by atoms with van der Waals surface area (Å²) in [6.45, 7) is 3.88. The lowest BCUT2D eigenvalue weighted by molar-refractivity contribution is 0.0387. The molecule has 0 aromatic carbocycles. The van der Waals surface area contributed by atoms with Crippen LogP contribution in [0.25, 0.3) is 11.0 Å². The Balaban J connectivity index is 1.96. The normalized spacial score (nSPS) is 18.9. The van der Waals surface area contributed by atoms with Gasteiger partial charge in [0.25, 0.3) is 0 Å². The summed E-state index contributed by atoms with van der Waals surface area (Å²) in [6, 6.07) is 3.78. The molecule has 1 aliphatic rings. The first-order valence-electron chi connectivity index (χ1n) is 6.87. The fourth-order valence-electron chi connectivity index (χ4n) is 3.01. The van der Waals surface area contributed by atoms with E-state index in [4.69, 9.17) is 0 Å². The van der Waals surface area contributed by atoms with Gasteiger partial charge in [0.05, 0.1) is 6.04 Å². The van der Waals surface area contributed by atoms with Gasteiger partial charge in [0.2, 0.25) is 0 Å². The van der Waals surface area contributed by atoms with Gasteiger partial charge in [-0.1, -0.05) is 0 Å². The van der Waals surface area contributed by atoms with E-state index in [1.54, 1.807) is 18.3 Å². The van der Waals surface area contributed by atoms with E-state index in [0.717, 1.165) is 27.9 Å². The van der Waals surface area contributed by atoms with Crippen LogP contribution in [0.5, 0.6) is 0 Å². The molecule has 110 valence electrons. The van der Waals surface area contributed by atoms with Gasteiger partial charge in [-0.25, -0.2) is 14.8 Å². The number of aromatic amines is 1. The molecule has 2 aromatic rings. The first-order chi connectivity index (χ1) is 10.0. The lowest BCUT2D eigenvalue weighted by atomic mass is 9.99. The standard InChI is InChI=1S/C15H18N4O2/c1-9-13(10(2)19(15(20)21)18(9)3)7-11-8-17-14-12(11)5-4-6-16-14/h4-6,8,10H,7H2,1-3H3,(H,16,17)(H,20,21). The van der Waals surface area contributed by atoms with E-state index in [1.165, 1.54) is 5.01 Å². The molecule has 6 heteroatoms. The van der Waals surface area contributed by atoms with Gasteiger partial charge in [0.15, 0.2) is 0 Å². The molecular formula is C15H18N4O2. The maximum absolute atomic E-state index is 11.4. The first-order valence-corrected chi connectivity index (χ1v) is 6.87. The Kier molecular flexibility index (Phi) is 3.08. The third-order valence-electron chi connectivity index (χ3n) is 4.26. The third-order valence-corrected chi connectivity index (χ3v) is 4.26. The molecule has 3 rings (SSSR count). The quantitative estimate of drug-likeness (QED) is 0.890. The SMILES string of the molecule is CC1=C(Cc2c[nH]c3ncccc23)C(C)N(C(=O)O)N1C. The Morgan fingerprint density at radius 2 is 2.29 bits per heavy atom. The minimum absolute atomic E-state index is 0.158. The van der Waals surface area contributed by atoms with Crippen LogP contribution in [0.15, 0.2) is 35.8 Å². The predicted octanol–water partition coefficient (Wildman–Crippen LogP) is 2.61. The average molecular weight is 286 g/mol. The second-order valence-corrected chi connectivity index (χ2v) is 5.33. The van der Waals surface area contributed by atoms with Gasteiger partial charge in [-0.05, 0) is 43.5 Å². The van der Waals surface area contributed by atoms with Crippen LogP contribution in [0.3, 0.4) is 0 Å². The lowest BCUT2D eigenvalue weighted by Crippen LogP contribution is -2.42. The number of nitrogens with zero attached hydrogens (tertiary/aromatic N) is 3. The number of hydrogen-bond acceptors (Lipinski definition) is 3. The number of H-pyrrole nitrogens is 1. The minimum atomic E-state index is -0.931. The third kappa shape index (κ3) is 2.03. The summed E-state index contributed by atoms with van der Waals surface area (Å²) in [5.41, 5.74) is 4.10. The van der Waals surface area contributed by atoms with Crippen LogP contribution in [0.4, 0.5) is 4.79 Å². The second kappa shape index (κ2) is 4.80. The molecule has 1 unspecified atom stereocenters. The smallest absolute Gasteiger partial charge is 0.426 e. The Bertz CT molecular complexity index is 734. The number of pyridine rings is 1. The summed E-state index contributed by atoms with van der Waals surface area (Å²) in [7, 11) is 1.78. The summed E-state index contributed by atoms with van der Waals surface area (Å²) < 4.78 is 0. The zero-order valence-electron chi connectivity index (χ0n) is 12.3. The molecule has 0 radical (unpaired) electrons. The summed E-state index contributed by atoms with van der Waals surface area (Å²) in [5, 5.41) is 13.5. The van der Waals surface area contributed by atoms with Gasteiger partial charge in [-0.3, -0.25) is 5.01 Å². The number of hydrazine groups is 1. The molecule has 0 saturated heterocycles. The second-order valence-electron chi connectivity index (χ2n) is 5.33. The molecule has 6 nitrogen and oxygen atoms in total. The van der Waals surface area contributed by atoms with Crippen molar-refractivity contribution in [1.29, 1.82) is 0 Å². The van der Waals surface area contributed by atoms with Crippen LogP contribution in [-0.2, 0) is 6.42 Å². The number of hydrogen-bond donors (Lipinski definition) is 2. The number of amides is 1. The highest BCUT2D eigenvalue weighted by atomic mass is 16.4. The number of allylic oxidation sites excluding steroid dienone is 1. The van der Waals surface area contributed by atoms with Crippen molar-refractivity contribution in [3.63, 3.8) is 0 Å². The van der Waals surface area contributed by atoms with E-state index < -0.39 is 6.09 Å². The van der Waals surface area contributed by atoms with E-state index in [-0.39, 0.29) is 6.04 Å². The fraction of sp³-hybridized carbons (Fsp3) is 0.333. The van der Waals surface area contributed by atoms with Crippen molar-refractivity contribution < 1.29 is 9.90 Å². The van der Waals surface area contributed by atoms with Crippen molar-refractivity contribution in [1.82, 2.24) is 20.0 Å². The number of nitrogens with one attached hydrogen (secondary N) is 1. The van der Waals surface area contributed by atoms with Gasteiger partial charge in [0, 0.05) is 30.5 Å².